The molecule has 2 nitrogen and oxygen atoms in total. The van der Waals surface area contributed by atoms with E-state index in [9.17, 15) is 4.79 Å². The second kappa shape index (κ2) is 2.55. The first-order valence-electron chi connectivity index (χ1n) is 5.32. The Morgan fingerprint density at radius 3 is 2.36 bits per heavy atom. The van der Waals surface area contributed by atoms with Crippen LogP contribution in [0.3, 0.4) is 0 Å². The van der Waals surface area contributed by atoms with Crippen LogP contribution in [0, 0.1) is 22.7 Å². The van der Waals surface area contributed by atoms with Crippen LogP contribution < -0.4 is 0 Å². The van der Waals surface area contributed by atoms with E-state index >= 15 is 0 Å². The number of hydrogen-bond acceptors (Lipinski definition) is 2. The van der Waals surface area contributed by atoms with E-state index in [1.165, 1.54) is 20.0 Å². The molecule has 0 amide bonds. The quantitative estimate of drug-likeness (QED) is 0.562. The van der Waals surface area contributed by atoms with Crippen LogP contribution in [-0.2, 0) is 9.53 Å². The number of rotatable bonds is 2. The minimum Gasteiger partial charge on any atom is -0.469 e. The lowest BCUT2D eigenvalue weighted by atomic mass is 9.69. The fraction of sp³-hybridized carbons (Fsp3) is 0.909. The molecule has 4 fully saturated rings. The molecule has 14 heavy (non-hydrogen) atoms. The van der Waals surface area contributed by atoms with Crippen LogP contribution in [-0.4, -0.2) is 18.4 Å². The predicted molar refractivity (Wildman–Crippen MR) is 56.1 cm³/mol. The van der Waals surface area contributed by atoms with E-state index in [-0.39, 0.29) is 16.8 Å². The summed E-state index contributed by atoms with van der Waals surface area (Å²) in [5, 5.41) is 0.974. The number of carbonyl (C=O) groups excluding carboxylic acids is 1. The van der Waals surface area contributed by atoms with Crippen LogP contribution in [0.25, 0.3) is 0 Å². The van der Waals surface area contributed by atoms with E-state index in [2.05, 4.69) is 15.9 Å². The third-order valence-corrected chi connectivity index (χ3v) is 6.11. The highest BCUT2D eigenvalue weighted by atomic mass is 79.9. The van der Waals surface area contributed by atoms with Crippen molar-refractivity contribution in [2.75, 3.05) is 12.4 Å². The maximum atomic E-state index is 12.0. The molecule has 4 aliphatic carbocycles. The van der Waals surface area contributed by atoms with Crippen molar-refractivity contribution in [1.82, 2.24) is 0 Å². The Balaban J connectivity index is 2.05. The summed E-state index contributed by atoms with van der Waals surface area (Å²) in [5.41, 5.74) is 0.135. The summed E-state index contributed by atoms with van der Waals surface area (Å²) in [5.74, 6) is 1.68. The summed E-state index contributed by atoms with van der Waals surface area (Å²) in [4.78, 5) is 12.0. The third-order valence-electron chi connectivity index (χ3n) is 5.04. The lowest BCUT2D eigenvalue weighted by Crippen LogP contribution is -2.41. The van der Waals surface area contributed by atoms with Crippen molar-refractivity contribution < 1.29 is 9.53 Å². The summed E-state index contributed by atoms with van der Waals surface area (Å²) >= 11 is 3.61. The van der Waals surface area contributed by atoms with E-state index in [4.69, 9.17) is 4.74 Å². The first kappa shape index (κ1) is 9.20. The molecular weight excluding hydrogens is 244 g/mol. The topological polar surface area (TPSA) is 26.3 Å². The van der Waals surface area contributed by atoms with Gasteiger partial charge in [0.15, 0.2) is 0 Å². The molecule has 0 heterocycles. The Labute approximate surface area is 92.5 Å². The molecular formula is C11H15BrO2. The van der Waals surface area contributed by atoms with E-state index in [1.807, 2.05) is 0 Å². The van der Waals surface area contributed by atoms with Gasteiger partial charge in [0.25, 0.3) is 0 Å². The van der Waals surface area contributed by atoms with Gasteiger partial charge in [0.05, 0.1) is 12.5 Å². The van der Waals surface area contributed by atoms with E-state index in [0.29, 0.717) is 0 Å². The van der Waals surface area contributed by atoms with Crippen molar-refractivity contribution in [3.05, 3.63) is 0 Å². The van der Waals surface area contributed by atoms with Gasteiger partial charge < -0.3 is 4.74 Å². The molecule has 4 saturated carbocycles. The fourth-order valence-corrected chi connectivity index (χ4v) is 5.51. The summed E-state index contributed by atoms with van der Waals surface area (Å²) in [6.45, 7) is 0. The van der Waals surface area contributed by atoms with Gasteiger partial charge in [0.1, 0.15) is 0 Å². The maximum absolute atomic E-state index is 12.0. The SMILES string of the molecule is COC(=O)C12CC3CC1(CBr)CC3C2. The fourth-order valence-electron chi connectivity index (χ4n) is 4.52. The molecule has 0 aromatic carbocycles. The van der Waals surface area contributed by atoms with Gasteiger partial charge in [-0.3, -0.25) is 4.79 Å². The molecule has 2 atom stereocenters. The maximum Gasteiger partial charge on any atom is 0.312 e. The Kier molecular flexibility index (Phi) is 1.67. The molecule has 0 aromatic rings. The number of ether oxygens (including phenoxy) is 1. The lowest BCUT2D eigenvalue weighted by Gasteiger charge is -2.36. The molecule has 0 aliphatic heterocycles. The molecule has 4 aliphatic rings. The Morgan fingerprint density at radius 1 is 1.36 bits per heavy atom. The molecule has 0 saturated heterocycles. The third kappa shape index (κ3) is 0.742. The van der Waals surface area contributed by atoms with E-state index in [1.54, 1.807) is 0 Å². The van der Waals surface area contributed by atoms with Crippen LogP contribution in [0.2, 0.25) is 0 Å². The molecule has 4 bridgehead atoms. The first-order chi connectivity index (χ1) is 6.67. The largest absolute Gasteiger partial charge is 0.469 e. The van der Waals surface area contributed by atoms with E-state index in [0.717, 1.165) is 30.0 Å². The van der Waals surface area contributed by atoms with Crippen molar-refractivity contribution in [1.29, 1.82) is 0 Å². The van der Waals surface area contributed by atoms with Crippen LogP contribution in [0.5, 0.6) is 0 Å². The molecule has 0 spiro atoms. The second-order valence-electron chi connectivity index (χ2n) is 5.32. The number of halogens is 1. The van der Waals surface area contributed by atoms with Crippen LogP contribution >= 0.6 is 15.9 Å². The smallest absolute Gasteiger partial charge is 0.312 e. The summed E-state index contributed by atoms with van der Waals surface area (Å²) < 4.78 is 5.02. The van der Waals surface area contributed by atoms with Gasteiger partial charge >= 0.3 is 5.97 Å². The van der Waals surface area contributed by atoms with Crippen molar-refractivity contribution in [2.24, 2.45) is 22.7 Å². The van der Waals surface area contributed by atoms with Crippen molar-refractivity contribution >= 4 is 21.9 Å². The van der Waals surface area contributed by atoms with Crippen LogP contribution in [0.15, 0.2) is 0 Å². The average Bonchev–Trinajstić information content (AvgIpc) is 2.85. The zero-order chi connectivity index (χ0) is 9.97. The molecule has 78 valence electrons. The monoisotopic (exact) mass is 258 g/mol. The normalized spacial score (nSPS) is 53.0. The van der Waals surface area contributed by atoms with Gasteiger partial charge in [-0.15, -0.1) is 0 Å². The minimum atomic E-state index is -0.111. The standard InChI is InChI=1S/C11H15BrO2/c1-14-9(13)11-4-7-2-10(11,6-12)3-8(7)5-11/h7-8H,2-6H2,1H3. The summed E-state index contributed by atoms with van der Waals surface area (Å²) in [7, 11) is 1.53. The summed E-state index contributed by atoms with van der Waals surface area (Å²) in [6.07, 6.45) is 4.68. The number of carbonyl (C=O) groups is 1. The van der Waals surface area contributed by atoms with Gasteiger partial charge in [-0.2, -0.15) is 0 Å². The molecule has 4 rings (SSSR count). The molecule has 2 unspecified atom stereocenters. The molecule has 0 aromatic heterocycles. The van der Waals surface area contributed by atoms with Gasteiger partial charge in [0.2, 0.25) is 0 Å². The molecule has 0 N–H and O–H groups in total. The number of methoxy groups -OCH3 is 1. The average molecular weight is 259 g/mol. The van der Waals surface area contributed by atoms with Crippen molar-refractivity contribution in [2.45, 2.75) is 25.7 Å². The van der Waals surface area contributed by atoms with Crippen LogP contribution in [0.4, 0.5) is 0 Å². The highest BCUT2D eigenvalue weighted by Crippen LogP contribution is 2.77. The van der Waals surface area contributed by atoms with Crippen molar-refractivity contribution in [3.63, 3.8) is 0 Å². The van der Waals surface area contributed by atoms with Crippen LogP contribution in [0.1, 0.15) is 25.7 Å². The summed E-state index contributed by atoms with van der Waals surface area (Å²) in [6, 6.07) is 0. The molecule has 3 heteroatoms. The Hall–Kier alpha value is -0.0500. The highest BCUT2D eigenvalue weighted by molar-refractivity contribution is 9.09. The van der Waals surface area contributed by atoms with Crippen molar-refractivity contribution in [3.8, 4) is 0 Å². The van der Waals surface area contributed by atoms with Gasteiger partial charge in [-0.1, -0.05) is 15.9 Å². The first-order valence-corrected chi connectivity index (χ1v) is 6.44. The minimum absolute atomic E-state index is 0.0550. The Morgan fingerprint density at radius 2 is 1.93 bits per heavy atom. The van der Waals surface area contributed by atoms with Gasteiger partial charge in [-0.05, 0) is 42.9 Å². The Bertz CT molecular complexity index is 286. The second-order valence-corrected chi connectivity index (χ2v) is 5.89. The zero-order valence-electron chi connectivity index (χ0n) is 8.38. The lowest BCUT2D eigenvalue weighted by molar-refractivity contribution is -0.157. The van der Waals surface area contributed by atoms with E-state index < -0.39 is 0 Å². The van der Waals surface area contributed by atoms with Gasteiger partial charge in [0, 0.05) is 5.33 Å². The zero-order valence-corrected chi connectivity index (χ0v) is 9.97. The molecule has 0 radical (unpaired) electrons. The van der Waals surface area contributed by atoms with Gasteiger partial charge in [-0.25, -0.2) is 0 Å². The number of hydrogen-bond donors (Lipinski definition) is 0. The predicted octanol–water partition coefficient (Wildman–Crippen LogP) is 2.36. The highest BCUT2D eigenvalue weighted by Gasteiger charge is 2.74. The number of esters is 1. The number of alkyl halides is 1.